The second kappa shape index (κ2) is 9.23. The molecule has 1 aromatic heterocycles. The minimum absolute atomic E-state index is 0.0806. The number of amides is 1. The lowest BCUT2D eigenvalue weighted by Crippen LogP contribution is -2.53. The van der Waals surface area contributed by atoms with Crippen molar-refractivity contribution in [2.24, 2.45) is 0 Å². The van der Waals surface area contributed by atoms with Crippen molar-refractivity contribution in [1.29, 1.82) is 10.5 Å². The number of aromatic nitrogens is 1. The van der Waals surface area contributed by atoms with Crippen LogP contribution in [0.5, 0.6) is 0 Å². The highest BCUT2D eigenvalue weighted by molar-refractivity contribution is 7.16. The third-order valence-electron chi connectivity index (χ3n) is 5.24. The monoisotopic (exact) mass is 431 g/mol. The molecule has 0 bridgehead atoms. The highest BCUT2D eigenvalue weighted by Crippen LogP contribution is 2.26. The number of hydrogen-bond acceptors (Lipinski definition) is 7. The Morgan fingerprint density at radius 2 is 2.00 bits per heavy atom. The number of fused-ring (bicyclic) bond motifs is 1. The summed E-state index contributed by atoms with van der Waals surface area (Å²) in [5.74, 6) is -0.453. The Kier molecular flexibility index (Phi) is 6.24. The normalized spacial score (nSPS) is 16.8. The Morgan fingerprint density at radius 3 is 2.77 bits per heavy atom. The molecule has 1 aliphatic rings. The molecule has 3 aromatic rings. The largest absolute Gasteiger partial charge is 0.367 e. The van der Waals surface area contributed by atoms with Crippen LogP contribution >= 0.6 is 11.3 Å². The molecule has 8 heteroatoms. The maximum Gasteiger partial charge on any atom is 0.252 e. The number of ether oxygens (including phenoxy) is 1. The number of nitrogens with one attached hydrogen (secondary N) is 2. The fourth-order valence-corrected chi connectivity index (χ4v) is 4.20. The maximum absolute atomic E-state index is 12.6. The van der Waals surface area contributed by atoms with Crippen LogP contribution < -0.4 is 10.6 Å². The zero-order valence-electron chi connectivity index (χ0n) is 16.8. The molecular formula is C23H21N5O2S. The molecule has 1 atom stereocenters. The Balaban J connectivity index is 1.49. The SMILES string of the molecule is N#CC(C#N)(Cc1ccc(-c2ccc3scnc3c2)cc1)NC(=O)[C@@H]1CNCCCO1. The van der Waals surface area contributed by atoms with Crippen LogP contribution in [0.2, 0.25) is 0 Å². The van der Waals surface area contributed by atoms with Gasteiger partial charge in [-0.3, -0.25) is 4.79 Å². The summed E-state index contributed by atoms with van der Waals surface area (Å²) in [7, 11) is 0. The third-order valence-corrected chi connectivity index (χ3v) is 6.05. The maximum atomic E-state index is 12.6. The van der Waals surface area contributed by atoms with Gasteiger partial charge in [0, 0.05) is 19.6 Å². The average Bonchev–Trinajstić information content (AvgIpc) is 3.10. The summed E-state index contributed by atoms with van der Waals surface area (Å²) in [6, 6.07) is 17.8. The van der Waals surface area contributed by atoms with E-state index in [9.17, 15) is 15.3 Å². The number of nitriles is 2. The van der Waals surface area contributed by atoms with Crippen molar-refractivity contribution in [3.8, 4) is 23.3 Å². The van der Waals surface area contributed by atoms with E-state index in [1.807, 2.05) is 60.1 Å². The fourth-order valence-electron chi connectivity index (χ4n) is 3.54. The van der Waals surface area contributed by atoms with Crippen molar-refractivity contribution in [2.45, 2.75) is 24.5 Å². The molecule has 0 radical (unpaired) electrons. The third kappa shape index (κ3) is 4.73. The van der Waals surface area contributed by atoms with E-state index in [0.29, 0.717) is 13.2 Å². The van der Waals surface area contributed by atoms with Gasteiger partial charge in [0.1, 0.15) is 18.2 Å². The molecule has 4 rings (SSSR count). The number of benzene rings is 2. The molecule has 0 aliphatic carbocycles. The Morgan fingerprint density at radius 1 is 1.23 bits per heavy atom. The molecule has 7 nitrogen and oxygen atoms in total. The molecule has 0 spiro atoms. The van der Waals surface area contributed by atoms with E-state index in [-0.39, 0.29) is 6.42 Å². The van der Waals surface area contributed by atoms with Crippen LogP contribution in [0, 0.1) is 22.7 Å². The standard InChI is InChI=1S/C23H21N5O2S/c24-13-23(14-25,28-22(29)20-12-26-8-1-9-30-20)11-16-2-4-17(5-3-16)18-6-7-21-19(10-18)27-15-31-21/h2-7,10,15,20,26H,1,8-9,11-12H2,(H,28,29)/t20-/m0/s1. The van der Waals surface area contributed by atoms with Crippen molar-refractivity contribution < 1.29 is 9.53 Å². The zero-order chi connectivity index (χ0) is 21.7. The number of carbonyl (C=O) groups is 1. The first-order valence-electron chi connectivity index (χ1n) is 10.0. The van der Waals surface area contributed by atoms with E-state index >= 15 is 0 Å². The van der Waals surface area contributed by atoms with Crippen LogP contribution in [-0.2, 0) is 16.0 Å². The zero-order valence-corrected chi connectivity index (χ0v) is 17.6. The molecule has 156 valence electrons. The number of rotatable bonds is 5. The van der Waals surface area contributed by atoms with Crippen LogP contribution in [0.3, 0.4) is 0 Å². The number of thiazole rings is 1. The van der Waals surface area contributed by atoms with Gasteiger partial charge in [0.2, 0.25) is 5.54 Å². The highest BCUT2D eigenvalue weighted by atomic mass is 32.1. The number of nitrogens with zero attached hydrogens (tertiary/aromatic N) is 3. The summed E-state index contributed by atoms with van der Waals surface area (Å²) in [5, 5.41) is 25.1. The van der Waals surface area contributed by atoms with Crippen molar-refractivity contribution in [3.63, 3.8) is 0 Å². The summed E-state index contributed by atoms with van der Waals surface area (Å²) in [4.78, 5) is 17.0. The molecule has 1 aliphatic heterocycles. The first-order valence-corrected chi connectivity index (χ1v) is 10.9. The van der Waals surface area contributed by atoms with Gasteiger partial charge in [0.15, 0.2) is 0 Å². The molecule has 2 N–H and O–H groups in total. The van der Waals surface area contributed by atoms with Gasteiger partial charge in [-0.15, -0.1) is 11.3 Å². The van der Waals surface area contributed by atoms with Crippen molar-refractivity contribution >= 4 is 27.5 Å². The summed E-state index contributed by atoms with van der Waals surface area (Å²) in [5.41, 5.74) is 3.96. The lowest BCUT2D eigenvalue weighted by molar-refractivity contribution is -0.132. The van der Waals surface area contributed by atoms with E-state index in [1.165, 1.54) is 0 Å². The van der Waals surface area contributed by atoms with Gasteiger partial charge >= 0.3 is 0 Å². The van der Waals surface area contributed by atoms with E-state index in [0.717, 1.165) is 39.9 Å². The van der Waals surface area contributed by atoms with E-state index in [4.69, 9.17) is 4.74 Å². The predicted octanol–water partition coefficient (Wildman–Crippen LogP) is 2.79. The molecule has 2 heterocycles. The van der Waals surface area contributed by atoms with Crippen LogP contribution in [0.25, 0.3) is 21.3 Å². The molecule has 1 amide bonds. The molecular weight excluding hydrogens is 410 g/mol. The van der Waals surface area contributed by atoms with E-state index in [1.54, 1.807) is 11.3 Å². The lowest BCUT2D eigenvalue weighted by Gasteiger charge is -2.23. The topological polar surface area (TPSA) is 111 Å². The summed E-state index contributed by atoms with van der Waals surface area (Å²) >= 11 is 1.60. The van der Waals surface area contributed by atoms with Crippen LogP contribution in [0.15, 0.2) is 48.0 Å². The number of hydrogen-bond donors (Lipinski definition) is 2. The van der Waals surface area contributed by atoms with Crippen molar-refractivity contribution in [2.75, 3.05) is 19.7 Å². The first kappa shape index (κ1) is 21.0. The Bertz CT molecular complexity index is 1140. The van der Waals surface area contributed by atoms with E-state index < -0.39 is 17.6 Å². The van der Waals surface area contributed by atoms with Gasteiger partial charge in [-0.1, -0.05) is 30.3 Å². The first-order chi connectivity index (χ1) is 15.1. The van der Waals surface area contributed by atoms with Gasteiger partial charge in [0.25, 0.3) is 5.91 Å². The summed E-state index contributed by atoms with van der Waals surface area (Å²) < 4.78 is 6.68. The van der Waals surface area contributed by atoms with Gasteiger partial charge in [-0.05, 0) is 41.8 Å². The van der Waals surface area contributed by atoms with Crippen molar-refractivity contribution in [1.82, 2.24) is 15.6 Å². The van der Waals surface area contributed by atoms with Gasteiger partial charge in [-0.25, -0.2) is 4.98 Å². The second-order valence-corrected chi connectivity index (χ2v) is 8.33. The predicted molar refractivity (Wildman–Crippen MR) is 118 cm³/mol. The Hall–Kier alpha value is -3.30. The molecule has 1 saturated heterocycles. The molecule has 1 fully saturated rings. The van der Waals surface area contributed by atoms with Gasteiger partial charge < -0.3 is 15.4 Å². The van der Waals surface area contributed by atoms with Crippen LogP contribution in [0.4, 0.5) is 0 Å². The van der Waals surface area contributed by atoms with Gasteiger partial charge in [-0.2, -0.15) is 10.5 Å². The van der Waals surface area contributed by atoms with Crippen LogP contribution in [0.1, 0.15) is 12.0 Å². The summed E-state index contributed by atoms with van der Waals surface area (Å²) in [6.45, 7) is 1.59. The molecule has 0 saturated carbocycles. The molecule has 2 aromatic carbocycles. The quantitative estimate of drug-likeness (QED) is 0.643. The molecule has 31 heavy (non-hydrogen) atoms. The van der Waals surface area contributed by atoms with Crippen LogP contribution in [-0.4, -0.2) is 42.2 Å². The van der Waals surface area contributed by atoms with E-state index in [2.05, 4.69) is 15.6 Å². The smallest absolute Gasteiger partial charge is 0.252 e. The summed E-state index contributed by atoms with van der Waals surface area (Å²) in [6.07, 6.45) is 0.177. The lowest BCUT2D eigenvalue weighted by atomic mass is 9.92. The Labute approximate surface area is 184 Å². The number of carbonyl (C=O) groups excluding carboxylic acids is 1. The molecule has 0 unspecified atom stereocenters. The van der Waals surface area contributed by atoms with Crippen molar-refractivity contribution in [3.05, 3.63) is 53.5 Å². The second-order valence-electron chi connectivity index (χ2n) is 7.44. The minimum Gasteiger partial charge on any atom is -0.367 e. The van der Waals surface area contributed by atoms with Gasteiger partial charge in [0.05, 0.1) is 15.7 Å². The highest BCUT2D eigenvalue weighted by Gasteiger charge is 2.35. The minimum atomic E-state index is -1.66. The fraction of sp³-hybridized carbons (Fsp3) is 0.304. The average molecular weight is 432 g/mol.